The maximum absolute atomic E-state index is 10.5. The van der Waals surface area contributed by atoms with Gasteiger partial charge in [0.25, 0.3) is 0 Å². The minimum atomic E-state index is -1.35. The highest BCUT2D eigenvalue weighted by atomic mass is 16.5. The molecular formula is C11H12O4. The topological polar surface area (TPSA) is 77.8 Å². The van der Waals surface area contributed by atoms with Crippen molar-refractivity contribution in [2.45, 2.75) is 12.7 Å². The van der Waals surface area contributed by atoms with Gasteiger partial charge in [-0.15, -0.1) is 0 Å². The number of aromatic carboxylic acids is 1. The summed E-state index contributed by atoms with van der Waals surface area (Å²) < 4.78 is 0. The van der Waals surface area contributed by atoms with Crippen LogP contribution in [0.1, 0.15) is 22.3 Å². The molecule has 0 atom stereocenters. The molecule has 0 spiro atoms. The Bertz CT molecular complexity index is 351. The Hall–Kier alpha value is -1.65. The van der Waals surface area contributed by atoms with E-state index in [0.717, 1.165) is 5.56 Å². The average molecular weight is 208 g/mol. The van der Waals surface area contributed by atoms with Gasteiger partial charge in [-0.25, -0.2) is 4.79 Å². The smallest absolute Gasteiger partial charge is 0.335 e. The quantitative estimate of drug-likeness (QED) is 0.647. The van der Waals surface area contributed by atoms with Crippen LogP contribution in [0.15, 0.2) is 30.3 Å². The van der Waals surface area contributed by atoms with Crippen LogP contribution in [0, 0.1) is 0 Å². The highest BCUT2D eigenvalue weighted by Gasteiger charge is 1.99. The molecule has 0 aliphatic rings. The molecule has 0 radical (unpaired) electrons. The van der Waals surface area contributed by atoms with Gasteiger partial charge in [0.15, 0.2) is 6.29 Å². The molecule has 0 heterocycles. The van der Waals surface area contributed by atoms with Crippen molar-refractivity contribution in [3.63, 3.8) is 0 Å². The van der Waals surface area contributed by atoms with Gasteiger partial charge in [-0.05, 0) is 17.7 Å². The van der Waals surface area contributed by atoms with Crippen molar-refractivity contribution >= 4 is 12.0 Å². The normalized spacial score (nSPS) is 11.1. The Morgan fingerprint density at radius 2 is 1.87 bits per heavy atom. The molecule has 0 saturated carbocycles. The van der Waals surface area contributed by atoms with Gasteiger partial charge in [-0.1, -0.05) is 24.3 Å². The summed E-state index contributed by atoms with van der Waals surface area (Å²) in [6.07, 6.45) is 2.12. The summed E-state index contributed by atoms with van der Waals surface area (Å²) in [6, 6.07) is 6.31. The van der Waals surface area contributed by atoms with E-state index in [4.69, 9.17) is 15.3 Å². The molecule has 0 aliphatic heterocycles. The van der Waals surface area contributed by atoms with E-state index in [2.05, 4.69) is 0 Å². The van der Waals surface area contributed by atoms with Crippen LogP contribution in [0.5, 0.6) is 0 Å². The molecule has 0 fully saturated rings. The van der Waals surface area contributed by atoms with E-state index in [0.29, 0.717) is 0 Å². The van der Waals surface area contributed by atoms with Crippen LogP contribution in [-0.4, -0.2) is 27.6 Å². The third-order valence-electron chi connectivity index (χ3n) is 1.81. The van der Waals surface area contributed by atoms with Crippen LogP contribution in [0.4, 0.5) is 0 Å². The summed E-state index contributed by atoms with van der Waals surface area (Å²) in [5.74, 6) is -0.962. The van der Waals surface area contributed by atoms with E-state index >= 15 is 0 Å². The van der Waals surface area contributed by atoms with Crippen molar-refractivity contribution < 1.29 is 20.1 Å². The molecule has 0 aromatic heterocycles. The molecule has 0 aliphatic carbocycles. The summed E-state index contributed by atoms with van der Waals surface area (Å²) in [5, 5.41) is 25.8. The number of hydrogen-bond donors (Lipinski definition) is 3. The number of benzene rings is 1. The fourth-order valence-corrected chi connectivity index (χ4v) is 1.06. The molecular weight excluding hydrogens is 196 g/mol. The van der Waals surface area contributed by atoms with Crippen molar-refractivity contribution in [1.82, 2.24) is 0 Å². The van der Waals surface area contributed by atoms with Gasteiger partial charge in [0.2, 0.25) is 0 Å². The van der Waals surface area contributed by atoms with E-state index in [1.807, 2.05) is 0 Å². The summed E-state index contributed by atoms with van der Waals surface area (Å²) >= 11 is 0. The Balaban J connectivity index is 2.64. The SMILES string of the molecule is O=C(O)c1ccc(/C=C/CC(O)O)cc1. The molecule has 0 saturated heterocycles. The zero-order valence-corrected chi connectivity index (χ0v) is 8.00. The second-order valence-corrected chi connectivity index (χ2v) is 3.05. The second-order valence-electron chi connectivity index (χ2n) is 3.05. The number of hydrogen-bond acceptors (Lipinski definition) is 3. The zero-order valence-electron chi connectivity index (χ0n) is 8.00. The lowest BCUT2D eigenvalue weighted by molar-refractivity contribution is -0.0359. The van der Waals surface area contributed by atoms with Crippen molar-refractivity contribution in [3.05, 3.63) is 41.5 Å². The monoisotopic (exact) mass is 208 g/mol. The first-order valence-electron chi connectivity index (χ1n) is 4.45. The molecule has 1 aromatic rings. The van der Waals surface area contributed by atoms with Crippen LogP contribution in [0.2, 0.25) is 0 Å². The third kappa shape index (κ3) is 3.93. The molecule has 0 unspecified atom stereocenters. The molecule has 1 rings (SSSR count). The van der Waals surface area contributed by atoms with E-state index < -0.39 is 12.3 Å². The van der Waals surface area contributed by atoms with E-state index in [9.17, 15) is 4.79 Å². The fourth-order valence-electron chi connectivity index (χ4n) is 1.06. The summed E-state index contributed by atoms with van der Waals surface area (Å²) in [4.78, 5) is 10.5. The zero-order chi connectivity index (χ0) is 11.3. The first-order chi connectivity index (χ1) is 7.09. The lowest BCUT2D eigenvalue weighted by atomic mass is 10.1. The lowest BCUT2D eigenvalue weighted by Crippen LogP contribution is -2.00. The molecule has 0 bridgehead atoms. The number of aliphatic hydroxyl groups is 2. The molecule has 4 heteroatoms. The number of carboxylic acid groups (broad SMARTS) is 1. The van der Waals surface area contributed by atoms with Gasteiger partial charge in [-0.2, -0.15) is 0 Å². The van der Waals surface area contributed by atoms with E-state index in [1.54, 1.807) is 24.3 Å². The highest BCUT2D eigenvalue weighted by molar-refractivity contribution is 5.87. The molecule has 1 aromatic carbocycles. The van der Waals surface area contributed by atoms with Crippen LogP contribution in [-0.2, 0) is 0 Å². The number of carboxylic acids is 1. The summed E-state index contributed by atoms with van der Waals surface area (Å²) in [6.45, 7) is 0. The first-order valence-corrected chi connectivity index (χ1v) is 4.45. The number of carbonyl (C=O) groups is 1. The van der Waals surface area contributed by atoms with E-state index in [1.165, 1.54) is 12.1 Å². The largest absolute Gasteiger partial charge is 0.478 e. The number of aliphatic hydroxyl groups excluding tert-OH is 1. The maximum atomic E-state index is 10.5. The van der Waals surface area contributed by atoms with Gasteiger partial charge in [0.05, 0.1) is 5.56 Å². The third-order valence-corrected chi connectivity index (χ3v) is 1.81. The van der Waals surface area contributed by atoms with Crippen LogP contribution in [0.25, 0.3) is 6.08 Å². The van der Waals surface area contributed by atoms with Gasteiger partial charge < -0.3 is 15.3 Å². The van der Waals surface area contributed by atoms with Gasteiger partial charge >= 0.3 is 5.97 Å². The average Bonchev–Trinajstić information content (AvgIpc) is 2.18. The van der Waals surface area contributed by atoms with Crippen molar-refractivity contribution in [3.8, 4) is 0 Å². The summed E-state index contributed by atoms with van der Waals surface area (Å²) in [7, 11) is 0. The van der Waals surface area contributed by atoms with Gasteiger partial charge in [0, 0.05) is 6.42 Å². The highest BCUT2D eigenvalue weighted by Crippen LogP contribution is 2.06. The summed E-state index contributed by atoms with van der Waals surface area (Å²) in [5.41, 5.74) is 1.05. The Kier molecular flexibility index (Phi) is 4.03. The van der Waals surface area contributed by atoms with Crippen molar-refractivity contribution in [2.75, 3.05) is 0 Å². The maximum Gasteiger partial charge on any atom is 0.335 e. The second kappa shape index (κ2) is 5.29. The molecule has 4 nitrogen and oxygen atoms in total. The molecule has 3 N–H and O–H groups in total. The predicted octanol–water partition coefficient (Wildman–Crippen LogP) is 1.10. The van der Waals surface area contributed by atoms with Crippen LogP contribution >= 0.6 is 0 Å². The fraction of sp³-hybridized carbons (Fsp3) is 0.182. The van der Waals surface area contributed by atoms with Crippen molar-refractivity contribution in [2.24, 2.45) is 0 Å². The predicted molar refractivity (Wildman–Crippen MR) is 55.3 cm³/mol. The van der Waals surface area contributed by atoms with Gasteiger partial charge in [0.1, 0.15) is 0 Å². The van der Waals surface area contributed by atoms with Crippen molar-refractivity contribution in [1.29, 1.82) is 0 Å². The molecule has 0 amide bonds. The van der Waals surface area contributed by atoms with Crippen LogP contribution < -0.4 is 0 Å². The Morgan fingerprint density at radius 1 is 1.27 bits per heavy atom. The molecule has 80 valence electrons. The Labute approximate surface area is 87.1 Å². The minimum Gasteiger partial charge on any atom is -0.478 e. The number of rotatable bonds is 4. The lowest BCUT2D eigenvalue weighted by Gasteiger charge is -1.97. The minimum absolute atomic E-state index is 0.153. The standard InChI is InChI=1S/C11H12O4/c12-10(13)3-1-2-8-4-6-9(7-5-8)11(14)15/h1-2,4-7,10,12-13H,3H2,(H,14,15)/b2-1+. The molecule has 15 heavy (non-hydrogen) atoms. The van der Waals surface area contributed by atoms with Gasteiger partial charge in [-0.3, -0.25) is 0 Å². The van der Waals surface area contributed by atoms with E-state index in [-0.39, 0.29) is 12.0 Å². The Morgan fingerprint density at radius 3 is 2.33 bits per heavy atom. The first kappa shape index (κ1) is 11.4. The van der Waals surface area contributed by atoms with Crippen LogP contribution in [0.3, 0.4) is 0 Å².